The van der Waals surface area contributed by atoms with E-state index in [-0.39, 0.29) is 11.5 Å². The fraction of sp³-hybridized carbons (Fsp3) is 0.818. The zero-order chi connectivity index (χ0) is 28.0. The summed E-state index contributed by atoms with van der Waals surface area (Å²) in [6, 6.07) is 0. The number of rotatable bonds is 22. The lowest BCUT2D eigenvalue weighted by Gasteiger charge is -2.18. The van der Waals surface area contributed by atoms with Gasteiger partial charge in [-0.05, 0) is 49.7 Å². The number of hydrogen-bond donors (Lipinski definition) is 0. The number of nitrogens with zero attached hydrogens (tertiary/aromatic N) is 1. The van der Waals surface area contributed by atoms with E-state index in [4.69, 9.17) is 9.47 Å². The fourth-order valence-corrected chi connectivity index (χ4v) is 4.95. The second-order valence-corrected chi connectivity index (χ2v) is 11.7. The number of unbranched alkanes of at least 4 members (excludes halogenated alkanes) is 11. The number of ether oxygens (including phenoxy) is 2. The molecule has 0 aromatic rings. The summed E-state index contributed by atoms with van der Waals surface area (Å²) in [7, 11) is 2.04. The van der Waals surface area contributed by atoms with Gasteiger partial charge in [0.05, 0.1) is 13.2 Å². The lowest BCUT2D eigenvalue weighted by atomic mass is 9.94. The van der Waals surface area contributed by atoms with Gasteiger partial charge in [-0.25, -0.2) is 9.59 Å². The minimum atomic E-state index is -0.583. The van der Waals surface area contributed by atoms with E-state index in [1.807, 2.05) is 27.0 Å². The van der Waals surface area contributed by atoms with Crippen molar-refractivity contribution < 1.29 is 19.1 Å². The van der Waals surface area contributed by atoms with Crippen molar-refractivity contribution >= 4 is 11.9 Å². The second-order valence-electron chi connectivity index (χ2n) is 11.7. The van der Waals surface area contributed by atoms with Crippen molar-refractivity contribution in [1.82, 2.24) is 4.90 Å². The lowest BCUT2D eigenvalue weighted by molar-refractivity contribution is -0.148. The standard InChI is InChI=1S/C33H59NO4/c1-6-8-10-12-14-16-18-21-29(20-17-15-13-11-9-7-2)27-38-33(36)31(32(35)37-26-28(3)4)24-23-30-22-19-25-34(30)5/h23-24,28-29H,6-22,25-27H2,1-5H3/b30-23+,31-24+. The van der Waals surface area contributed by atoms with Gasteiger partial charge in [-0.3, -0.25) is 0 Å². The molecule has 1 heterocycles. The van der Waals surface area contributed by atoms with Crippen LogP contribution in [0.2, 0.25) is 0 Å². The van der Waals surface area contributed by atoms with E-state index in [9.17, 15) is 9.59 Å². The number of carbonyl (C=O) groups excluding carboxylic acids is 2. The van der Waals surface area contributed by atoms with Gasteiger partial charge in [0.2, 0.25) is 0 Å². The molecule has 1 saturated heterocycles. The van der Waals surface area contributed by atoms with Crippen LogP contribution in [0.5, 0.6) is 0 Å². The Bertz CT molecular complexity index is 697. The highest BCUT2D eigenvalue weighted by molar-refractivity contribution is 6.14. The molecule has 1 unspecified atom stereocenters. The Morgan fingerprint density at radius 3 is 1.76 bits per heavy atom. The Labute approximate surface area is 234 Å². The van der Waals surface area contributed by atoms with E-state index >= 15 is 0 Å². The van der Waals surface area contributed by atoms with E-state index in [0.29, 0.717) is 19.1 Å². The van der Waals surface area contributed by atoms with Crippen molar-refractivity contribution in [2.45, 2.75) is 137 Å². The highest BCUT2D eigenvalue weighted by atomic mass is 16.6. The van der Waals surface area contributed by atoms with Crippen molar-refractivity contribution in [3.8, 4) is 0 Å². The highest BCUT2D eigenvalue weighted by Crippen LogP contribution is 2.22. The second kappa shape index (κ2) is 22.1. The number of esters is 2. The molecule has 0 saturated carbocycles. The molecule has 1 rings (SSSR count). The molecule has 5 nitrogen and oxygen atoms in total. The smallest absolute Gasteiger partial charge is 0.345 e. The van der Waals surface area contributed by atoms with Gasteiger partial charge >= 0.3 is 11.9 Å². The minimum absolute atomic E-state index is 0.00712. The van der Waals surface area contributed by atoms with Crippen LogP contribution >= 0.6 is 0 Å². The van der Waals surface area contributed by atoms with Gasteiger partial charge in [0.15, 0.2) is 0 Å². The largest absolute Gasteiger partial charge is 0.462 e. The zero-order valence-electron chi connectivity index (χ0n) is 25.5. The molecule has 0 radical (unpaired) electrons. The Morgan fingerprint density at radius 2 is 1.29 bits per heavy atom. The van der Waals surface area contributed by atoms with Crippen LogP contribution in [-0.4, -0.2) is 43.6 Å². The van der Waals surface area contributed by atoms with Crippen LogP contribution in [-0.2, 0) is 19.1 Å². The third-order valence-corrected chi connectivity index (χ3v) is 7.48. The summed E-state index contributed by atoms with van der Waals surface area (Å²) >= 11 is 0. The van der Waals surface area contributed by atoms with Crippen LogP contribution in [0.3, 0.4) is 0 Å². The number of likely N-dealkylation sites (tertiary alicyclic amines) is 1. The van der Waals surface area contributed by atoms with Gasteiger partial charge in [-0.2, -0.15) is 0 Å². The molecule has 0 N–H and O–H groups in total. The number of carbonyl (C=O) groups is 2. The summed E-state index contributed by atoms with van der Waals surface area (Å²) in [5.41, 5.74) is 1.14. The Kier molecular flexibility index (Phi) is 19.9. The Hall–Kier alpha value is -1.78. The van der Waals surface area contributed by atoms with E-state index in [2.05, 4.69) is 18.7 Å². The van der Waals surface area contributed by atoms with Crippen molar-refractivity contribution in [2.24, 2.45) is 11.8 Å². The lowest BCUT2D eigenvalue weighted by Crippen LogP contribution is -2.22. The molecule has 0 aliphatic carbocycles. The van der Waals surface area contributed by atoms with Crippen molar-refractivity contribution in [1.29, 1.82) is 0 Å². The molecular formula is C33H59NO4. The van der Waals surface area contributed by atoms with E-state index < -0.39 is 11.9 Å². The summed E-state index contributed by atoms with van der Waals surface area (Å²) in [5, 5.41) is 0. The van der Waals surface area contributed by atoms with Crippen LogP contribution in [0, 0.1) is 11.8 Å². The molecular weight excluding hydrogens is 474 g/mol. The number of hydrogen-bond acceptors (Lipinski definition) is 5. The van der Waals surface area contributed by atoms with Gasteiger partial charge in [-0.15, -0.1) is 0 Å². The third kappa shape index (κ3) is 16.2. The third-order valence-electron chi connectivity index (χ3n) is 7.48. The molecule has 0 amide bonds. The van der Waals surface area contributed by atoms with Crippen LogP contribution < -0.4 is 0 Å². The molecule has 0 spiro atoms. The molecule has 0 aromatic heterocycles. The van der Waals surface area contributed by atoms with Crippen molar-refractivity contribution in [3.05, 3.63) is 23.4 Å². The Balaban J connectivity index is 2.72. The normalized spacial score (nSPS) is 15.9. The maximum absolute atomic E-state index is 13.1. The highest BCUT2D eigenvalue weighted by Gasteiger charge is 2.23. The van der Waals surface area contributed by atoms with Crippen LogP contribution in [0.1, 0.15) is 137 Å². The van der Waals surface area contributed by atoms with Crippen LogP contribution in [0.4, 0.5) is 0 Å². The molecule has 1 aliphatic heterocycles. The van der Waals surface area contributed by atoms with Crippen LogP contribution in [0.25, 0.3) is 0 Å². The summed E-state index contributed by atoms with van der Waals surface area (Å²) in [6.45, 7) is 10.1. The first-order chi connectivity index (χ1) is 18.4. The quantitative estimate of drug-likeness (QED) is 0.0457. The predicted molar refractivity (Wildman–Crippen MR) is 159 cm³/mol. The maximum atomic E-state index is 13.1. The van der Waals surface area contributed by atoms with Crippen molar-refractivity contribution in [3.63, 3.8) is 0 Å². The maximum Gasteiger partial charge on any atom is 0.345 e. The first-order valence-electron chi connectivity index (χ1n) is 15.8. The molecule has 1 aliphatic rings. The number of allylic oxidation sites excluding steroid dienone is 3. The molecule has 5 heteroatoms. The summed E-state index contributed by atoms with van der Waals surface area (Å²) in [4.78, 5) is 28.1. The summed E-state index contributed by atoms with van der Waals surface area (Å²) in [6.07, 6.45) is 24.3. The summed E-state index contributed by atoms with van der Waals surface area (Å²) < 4.78 is 11.2. The van der Waals surface area contributed by atoms with Gasteiger partial charge in [0.25, 0.3) is 0 Å². The molecule has 0 aromatic carbocycles. The van der Waals surface area contributed by atoms with Crippen LogP contribution in [0.15, 0.2) is 23.4 Å². The Morgan fingerprint density at radius 1 is 0.789 bits per heavy atom. The molecule has 1 fully saturated rings. The zero-order valence-corrected chi connectivity index (χ0v) is 25.5. The first-order valence-corrected chi connectivity index (χ1v) is 15.8. The average molecular weight is 534 g/mol. The van der Waals surface area contributed by atoms with Gasteiger partial charge in [0.1, 0.15) is 5.57 Å². The molecule has 38 heavy (non-hydrogen) atoms. The van der Waals surface area contributed by atoms with E-state index in [1.165, 1.54) is 83.5 Å². The average Bonchev–Trinajstić information content (AvgIpc) is 3.31. The fourth-order valence-electron chi connectivity index (χ4n) is 4.95. The summed E-state index contributed by atoms with van der Waals surface area (Å²) in [5.74, 6) is -0.572. The predicted octanol–water partition coefficient (Wildman–Crippen LogP) is 8.77. The van der Waals surface area contributed by atoms with Gasteiger partial charge in [-0.1, -0.05) is 111 Å². The van der Waals surface area contributed by atoms with Gasteiger partial charge < -0.3 is 14.4 Å². The molecule has 220 valence electrons. The van der Waals surface area contributed by atoms with Crippen molar-refractivity contribution in [2.75, 3.05) is 26.8 Å². The van der Waals surface area contributed by atoms with E-state index in [1.54, 1.807) is 6.08 Å². The first kappa shape index (κ1) is 34.2. The molecule has 0 bridgehead atoms. The van der Waals surface area contributed by atoms with Gasteiger partial charge in [0, 0.05) is 19.3 Å². The van der Waals surface area contributed by atoms with E-state index in [0.717, 1.165) is 37.9 Å². The topological polar surface area (TPSA) is 55.8 Å². The molecule has 1 atom stereocenters. The monoisotopic (exact) mass is 533 g/mol. The SMILES string of the molecule is CCCCCCCCCC(CCCCCCCC)COC(=O)/C(=C/C=C1\CCCN1C)C(=O)OCC(C)C. The minimum Gasteiger partial charge on any atom is -0.462 e.